The molecule has 2 rings (SSSR count). The van der Waals surface area contributed by atoms with Crippen molar-refractivity contribution in [2.24, 2.45) is 5.92 Å². The van der Waals surface area contributed by atoms with Gasteiger partial charge in [0.15, 0.2) is 5.78 Å². The van der Waals surface area contributed by atoms with Gasteiger partial charge >= 0.3 is 5.97 Å². The van der Waals surface area contributed by atoms with Crippen molar-refractivity contribution in [2.45, 2.75) is 38.3 Å². The van der Waals surface area contributed by atoms with Gasteiger partial charge in [0.05, 0.1) is 13.2 Å². The number of rotatable bonds is 3. The van der Waals surface area contributed by atoms with Crippen molar-refractivity contribution in [1.29, 1.82) is 0 Å². The summed E-state index contributed by atoms with van der Waals surface area (Å²) in [6, 6.07) is 0.482. The molecule has 1 heterocycles. The lowest BCUT2D eigenvalue weighted by atomic mass is 10.0. The Morgan fingerprint density at radius 1 is 1.53 bits per heavy atom. The van der Waals surface area contributed by atoms with Crippen molar-refractivity contribution in [3.63, 3.8) is 0 Å². The predicted molar refractivity (Wildman–Crippen MR) is 54.3 cm³/mol. The fraction of sp³-hybridized carbons (Fsp3) is 0.818. The average Bonchev–Trinajstić information content (AvgIpc) is 3.02. The van der Waals surface area contributed by atoms with E-state index in [1.807, 2.05) is 6.92 Å². The molecule has 0 radical (unpaired) electrons. The van der Waals surface area contributed by atoms with Crippen molar-refractivity contribution in [2.75, 3.05) is 13.7 Å². The van der Waals surface area contributed by atoms with Gasteiger partial charge in [0.1, 0.15) is 5.92 Å². The van der Waals surface area contributed by atoms with Crippen LogP contribution in [-0.2, 0) is 14.3 Å². The molecule has 2 fully saturated rings. The van der Waals surface area contributed by atoms with Gasteiger partial charge in [0.2, 0.25) is 0 Å². The molecule has 0 N–H and O–H groups in total. The van der Waals surface area contributed by atoms with Gasteiger partial charge in [-0.15, -0.1) is 0 Å². The molecule has 0 bridgehead atoms. The van der Waals surface area contributed by atoms with Crippen molar-refractivity contribution >= 4 is 11.8 Å². The summed E-state index contributed by atoms with van der Waals surface area (Å²) in [5.74, 6) is -0.863. The number of carbonyl (C=O) groups is 2. The quantitative estimate of drug-likeness (QED) is 0.506. The van der Waals surface area contributed by atoms with E-state index in [0.717, 1.165) is 19.3 Å². The van der Waals surface area contributed by atoms with E-state index >= 15 is 0 Å². The molecule has 0 aromatic rings. The molecule has 2 aliphatic rings. The maximum Gasteiger partial charge on any atom is 0.317 e. The fourth-order valence-electron chi connectivity index (χ4n) is 2.40. The van der Waals surface area contributed by atoms with E-state index < -0.39 is 5.92 Å². The Morgan fingerprint density at radius 3 is 2.67 bits per heavy atom. The molecule has 2 unspecified atom stereocenters. The van der Waals surface area contributed by atoms with Crippen LogP contribution in [0.3, 0.4) is 0 Å². The monoisotopic (exact) mass is 211 g/mol. The van der Waals surface area contributed by atoms with Crippen molar-refractivity contribution in [1.82, 2.24) is 4.90 Å². The van der Waals surface area contributed by atoms with E-state index in [2.05, 4.69) is 9.64 Å². The highest BCUT2D eigenvalue weighted by molar-refractivity contribution is 6.03. The maximum atomic E-state index is 11.9. The van der Waals surface area contributed by atoms with Gasteiger partial charge in [0.25, 0.3) is 0 Å². The van der Waals surface area contributed by atoms with E-state index in [0.29, 0.717) is 12.6 Å². The molecule has 0 spiro atoms. The third-order valence-electron chi connectivity index (χ3n) is 3.35. The Morgan fingerprint density at radius 2 is 2.20 bits per heavy atom. The average molecular weight is 211 g/mol. The molecule has 1 saturated carbocycles. The molecular formula is C11H17NO3. The molecular weight excluding hydrogens is 194 g/mol. The molecule has 84 valence electrons. The minimum atomic E-state index is -0.541. The largest absolute Gasteiger partial charge is 0.468 e. The Balaban J connectivity index is 2.11. The molecule has 4 nitrogen and oxygen atoms in total. The molecule has 0 amide bonds. The molecule has 1 saturated heterocycles. The van der Waals surface area contributed by atoms with Crippen molar-refractivity contribution in [3.05, 3.63) is 0 Å². The van der Waals surface area contributed by atoms with Crippen LogP contribution in [0.1, 0.15) is 26.2 Å². The zero-order valence-electron chi connectivity index (χ0n) is 9.23. The number of Topliss-reactive ketones (excluding diaryl/α,β-unsaturated/α-hetero) is 1. The standard InChI is InChI=1S/C11H17NO3/c1-3-9-10(13)8(11(14)15-2)6-12(9)7-4-5-7/h7-9H,3-6H2,1-2H3. The number of esters is 1. The molecule has 4 heteroatoms. The third-order valence-corrected chi connectivity index (χ3v) is 3.35. The van der Waals surface area contributed by atoms with Gasteiger partial charge in [-0.2, -0.15) is 0 Å². The SMILES string of the molecule is CCC1C(=O)C(C(=O)OC)CN1C1CC1. The van der Waals surface area contributed by atoms with Gasteiger partial charge in [-0.25, -0.2) is 0 Å². The number of ketones is 1. The van der Waals surface area contributed by atoms with Gasteiger partial charge in [0, 0.05) is 12.6 Å². The van der Waals surface area contributed by atoms with Crippen molar-refractivity contribution < 1.29 is 14.3 Å². The summed E-state index contributed by atoms with van der Waals surface area (Å²) in [5.41, 5.74) is 0. The lowest BCUT2D eigenvalue weighted by molar-refractivity contribution is -0.147. The third kappa shape index (κ3) is 1.78. The summed E-state index contributed by atoms with van der Waals surface area (Å²) in [7, 11) is 1.34. The van der Waals surface area contributed by atoms with E-state index in [1.54, 1.807) is 0 Å². The summed E-state index contributed by atoms with van der Waals surface area (Å²) in [4.78, 5) is 25.5. The van der Waals surface area contributed by atoms with Crippen LogP contribution in [0.5, 0.6) is 0 Å². The second-order valence-corrected chi connectivity index (χ2v) is 4.33. The number of methoxy groups -OCH3 is 1. The van der Waals surface area contributed by atoms with Crippen LogP contribution in [0, 0.1) is 5.92 Å². The molecule has 1 aliphatic heterocycles. The normalized spacial score (nSPS) is 32.0. The zero-order chi connectivity index (χ0) is 11.0. The van der Waals surface area contributed by atoms with Gasteiger partial charge < -0.3 is 4.74 Å². The Kier molecular flexibility index (Phi) is 2.78. The summed E-state index contributed by atoms with van der Waals surface area (Å²) < 4.78 is 4.66. The van der Waals surface area contributed by atoms with Crippen LogP contribution in [0.2, 0.25) is 0 Å². The van der Waals surface area contributed by atoms with E-state index in [4.69, 9.17) is 0 Å². The highest BCUT2D eigenvalue weighted by Crippen LogP contribution is 2.35. The van der Waals surface area contributed by atoms with Gasteiger partial charge in [-0.3, -0.25) is 14.5 Å². The number of likely N-dealkylation sites (tertiary alicyclic amines) is 1. The van der Waals surface area contributed by atoms with Crippen LogP contribution in [-0.4, -0.2) is 42.4 Å². The fourth-order valence-corrected chi connectivity index (χ4v) is 2.40. The van der Waals surface area contributed by atoms with E-state index in [9.17, 15) is 9.59 Å². The second-order valence-electron chi connectivity index (χ2n) is 4.33. The van der Waals surface area contributed by atoms with Crippen LogP contribution in [0.15, 0.2) is 0 Å². The molecule has 2 atom stereocenters. The Labute approximate surface area is 89.6 Å². The minimum Gasteiger partial charge on any atom is -0.468 e. The van der Waals surface area contributed by atoms with E-state index in [-0.39, 0.29) is 17.8 Å². The first-order chi connectivity index (χ1) is 7.19. The summed E-state index contributed by atoms with van der Waals surface area (Å²) >= 11 is 0. The highest BCUT2D eigenvalue weighted by atomic mass is 16.5. The first kappa shape index (κ1) is 10.6. The van der Waals surface area contributed by atoms with Gasteiger partial charge in [-0.1, -0.05) is 6.92 Å². The van der Waals surface area contributed by atoms with Gasteiger partial charge in [-0.05, 0) is 19.3 Å². The summed E-state index contributed by atoms with van der Waals surface area (Å²) in [6.07, 6.45) is 3.12. The van der Waals surface area contributed by atoms with Crippen LogP contribution < -0.4 is 0 Å². The van der Waals surface area contributed by atoms with Crippen molar-refractivity contribution in [3.8, 4) is 0 Å². The lowest BCUT2D eigenvalue weighted by Gasteiger charge is -2.20. The molecule has 0 aromatic heterocycles. The molecule has 1 aliphatic carbocycles. The number of hydrogen-bond donors (Lipinski definition) is 0. The number of ether oxygens (including phenoxy) is 1. The number of hydrogen-bond acceptors (Lipinski definition) is 4. The lowest BCUT2D eigenvalue weighted by Crippen LogP contribution is -2.34. The van der Waals surface area contributed by atoms with Crippen LogP contribution in [0.25, 0.3) is 0 Å². The van der Waals surface area contributed by atoms with Crippen LogP contribution >= 0.6 is 0 Å². The summed E-state index contributed by atoms with van der Waals surface area (Å²) in [6.45, 7) is 2.56. The maximum absolute atomic E-state index is 11.9. The smallest absolute Gasteiger partial charge is 0.317 e. The summed E-state index contributed by atoms with van der Waals surface area (Å²) in [5, 5.41) is 0. The number of nitrogens with zero attached hydrogens (tertiary/aromatic N) is 1. The Bertz CT molecular complexity index is 286. The van der Waals surface area contributed by atoms with Crippen LogP contribution in [0.4, 0.5) is 0 Å². The topological polar surface area (TPSA) is 46.6 Å². The highest BCUT2D eigenvalue weighted by Gasteiger charge is 2.48. The Hall–Kier alpha value is -0.900. The van der Waals surface area contributed by atoms with E-state index in [1.165, 1.54) is 7.11 Å². The first-order valence-corrected chi connectivity index (χ1v) is 5.56. The zero-order valence-corrected chi connectivity index (χ0v) is 9.23. The molecule has 15 heavy (non-hydrogen) atoms. The first-order valence-electron chi connectivity index (χ1n) is 5.56. The predicted octanol–water partition coefficient (Wildman–Crippen LogP) is 0.601. The second kappa shape index (κ2) is 3.93. The minimum absolute atomic E-state index is 0.0521. The molecule has 0 aromatic carbocycles. The number of carbonyl (C=O) groups excluding carboxylic acids is 2.